The van der Waals surface area contributed by atoms with Crippen LogP contribution < -0.4 is 21.3 Å². The van der Waals surface area contributed by atoms with Crippen LogP contribution in [0.4, 0.5) is 17.1 Å². The highest BCUT2D eigenvalue weighted by atomic mass is 32.2. The van der Waals surface area contributed by atoms with Crippen molar-refractivity contribution in [3.8, 4) is 11.1 Å². The number of benzene rings is 4. The molecule has 4 aromatic carbocycles. The number of primary sulfonamides is 1. The third-order valence-electron chi connectivity index (χ3n) is 8.59. The Kier molecular flexibility index (Phi) is 7.71. The van der Waals surface area contributed by atoms with E-state index in [0.29, 0.717) is 16.8 Å². The van der Waals surface area contributed by atoms with Gasteiger partial charge in [0.15, 0.2) is 0 Å². The molecule has 1 aliphatic carbocycles. The Morgan fingerprint density at radius 3 is 1.67 bits per heavy atom. The van der Waals surface area contributed by atoms with Gasteiger partial charge in [0, 0.05) is 28.3 Å². The molecule has 0 radical (unpaired) electrons. The highest BCUT2D eigenvalue weighted by Gasteiger charge is 2.47. The van der Waals surface area contributed by atoms with Crippen LogP contribution in [0, 0.1) is 13.8 Å². The van der Waals surface area contributed by atoms with Gasteiger partial charge in [-0.15, -0.1) is 0 Å². The summed E-state index contributed by atoms with van der Waals surface area (Å²) in [5.74, 6) is 0.276. The number of nitrogens with one attached hydrogen (secondary N) is 1. The van der Waals surface area contributed by atoms with Gasteiger partial charge < -0.3 is 20.7 Å². The Morgan fingerprint density at radius 2 is 1.23 bits per heavy atom. The van der Waals surface area contributed by atoms with Crippen molar-refractivity contribution in [3.05, 3.63) is 105 Å². The number of fused-ring (bicyclic) bond motifs is 3. The summed E-state index contributed by atoms with van der Waals surface area (Å²) >= 11 is -2.55. The van der Waals surface area contributed by atoms with Crippen molar-refractivity contribution in [1.29, 1.82) is 0 Å². The molecule has 0 aromatic heterocycles. The summed E-state index contributed by atoms with van der Waals surface area (Å²) in [5.41, 5.74) is 22.9. The third kappa shape index (κ3) is 5.02. The normalized spacial score (nSPS) is 14.6. The number of nitrogen functional groups attached to an aromatic ring is 2. The first-order valence-electron chi connectivity index (χ1n) is 14.1. The standard InChI is InChI=1S/C33H38N4O4S2/c1-17(2)25-13-21(11-19(5)31(25)34)33(22-12-20(6)32(35)26(14-22)18(3)4)29-9-7-23(37-42(38)39)15-27(29)28-16-24(43(36,40)41)8-10-30(28)33/h7-18,37H,34-35H2,1-6H3,(H,38,39)(H2,36,40,41)/p-1. The maximum atomic E-state index is 12.5. The molecule has 0 fully saturated rings. The highest BCUT2D eigenvalue weighted by Crippen LogP contribution is 2.58. The number of hydrogen-bond acceptors (Lipinski definition) is 6. The zero-order valence-electron chi connectivity index (χ0n) is 25.1. The molecule has 1 atom stereocenters. The van der Waals surface area contributed by atoms with Crippen molar-refractivity contribution >= 4 is 38.4 Å². The molecule has 4 aromatic rings. The van der Waals surface area contributed by atoms with E-state index in [9.17, 15) is 17.2 Å². The maximum absolute atomic E-state index is 12.5. The second-order valence-corrected chi connectivity index (χ2v) is 14.2. The Hall–Kier alpha value is -3.70. The van der Waals surface area contributed by atoms with Crippen LogP contribution in [-0.4, -0.2) is 17.2 Å². The molecule has 0 bridgehead atoms. The van der Waals surface area contributed by atoms with E-state index in [2.05, 4.69) is 56.7 Å². The summed E-state index contributed by atoms with van der Waals surface area (Å²) in [7, 11) is -4.03. The fourth-order valence-corrected chi connectivity index (χ4v) is 7.34. The van der Waals surface area contributed by atoms with Gasteiger partial charge in [-0.05, 0) is 106 Å². The predicted octanol–water partition coefficient (Wildman–Crippen LogP) is 5.93. The monoisotopic (exact) mass is 617 g/mol. The van der Waals surface area contributed by atoms with Gasteiger partial charge >= 0.3 is 0 Å². The van der Waals surface area contributed by atoms with E-state index in [1.165, 1.54) is 6.07 Å². The van der Waals surface area contributed by atoms with Gasteiger partial charge in [-0.3, -0.25) is 4.21 Å². The van der Waals surface area contributed by atoms with E-state index in [0.717, 1.165) is 55.9 Å². The number of nitrogens with two attached hydrogens (primary N) is 3. The zero-order chi connectivity index (χ0) is 31.6. The van der Waals surface area contributed by atoms with Crippen molar-refractivity contribution in [3.63, 3.8) is 0 Å². The van der Waals surface area contributed by atoms with Crippen LogP contribution in [-0.2, 0) is 26.7 Å². The SMILES string of the molecule is Cc1cc(C2(c3cc(C)c(N)c(C(C)C)c3)c3ccc(NS(=O)[O-])cc3-c3cc(S(N)(=O)=O)ccc32)cc(C(C)C)c1N. The lowest BCUT2D eigenvalue weighted by atomic mass is 9.66. The van der Waals surface area contributed by atoms with Crippen LogP contribution in [0.1, 0.15) is 84.0 Å². The molecule has 0 aliphatic heterocycles. The molecule has 0 spiro atoms. The Bertz CT molecular complexity index is 1850. The fraction of sp³-hybridized carbons (Fsp3) is 0.273. The van der Waals surface area contributed by atoms with Crippen molar-refractivity contribution in [2.45, 2.75) is 63.7 Å². The Balaban J connectivity index is 2.03. The van der Waals surface area contributed by atoms with Crippen LogP contribution >= 0.6 is 0 Å². The van der Waals surface area contributed by atoms with E-state index in [1.807, 2.05) is 26.0 Å². The van der Waals surface area contributed by atoms with Crippen molar-refractivity contribution < 1.29 is 17.2 Å². The average Bonchev–Trinajstić information content (AvgIpc) is 3.20. The number of rotatable bonds is 7. The summed E-state index contributed by atoms with van der Waals surface area (Å²) in [6.45, 7) is 12.4. The van der Waals surface area contributed by atoms with Gasteiger partial charge in [0.05, 0.1) is 10.3 Å². The molecule has 0 saturated heterocycles. The average molecular weight is 618 g/mol. The topological polar surface area (TPSA) is 164 Å². The van der Waals surface area contributed by atoms with Gasteiger partial charge in [-0.1, -0.05) is 64.1 Å². The minimum Gasteiger partial charge on any atom is -0.755 e. The lowest BCUT2D eigenvalue weighted by Crippen LogP contribution is -2.30. The second-order valence-electron chi connectivity index (χ2n) is 12.0. The lowest BCUT2D eigenvalue weighted by molar-refractivity contribution is 0.542. The van der Waals surface area contributed by atoms with E-state index in [1.54, 1.807) is 18.2 Å². The van der Waals surface area contributed by atoms with Gasteiger partial charge in [0.25, 0.3) is 0 Å². The quantitative estimate of drug-likeness (QED) is 0.131. The molecule has 226 valence electrons. The van der Waals surface area contributed by atoms with Crippen LogP contribution in [0.2, 0.25) is 0 Å². The Labute approximate surface area is 256 Å². The number of sulfonamides is 1. The molecule has 0 saturated carbocycles. The molecular formula is C33H37N4O4S2-. The van der Waals surface area contributed by atoms with E-state index >= 15 is 0 Å². The van der Waals surface area contributed by atoms with Crippen LogP contribution in [0.3, 0.4) is 0 Å². The minimum atomic E-state index is -4.03. The van der Waals surface area contributed by atoms with Crippen LogP contribution in [0.5, 0.6) is 0 Å². The van der Waals surface area contributed by atoms with Gasteiger partial charge in [0.2, 0.25) is 10.0 Å². The summed E-state index contributed by atoms with van der Waals surface area (Å²) in [4.78, 5) is -0.0357. The lowest BCUT2D eigenvalue weighted by Gasteiger charge is -2.36. The first-order chi connectivity index (χ1) is 20.1. The first-order valence-corrected chi connectivity index (χ1v) is 16.7. The number of hydrogen-bond donors (Lipinski definition) is 4. The fourth-order valence-electron chi connectivity index (χ4n) is 6.48. The number of aryl methyl sites for hydroxylation is 2. The zero-order valence-corrected chi connectivity index (χ0v) is 26.7. The van der Waals surface area contributed by atoms with Crippen LogP contribution in [0.15, 0.2) is 65.6 Å². The molecule has 43 heavy (non-hydrogen) atoms. The van der Waals surface area contributed by atoms with Gasteiger partial charge in [-0.2, -0.15) is 0 Å². The molecule has 0 amide bonds. The first kappa shape index (κ1) is 30.7. The molecule has 10 heteroatoms. The van der Waals surface area contributed by atoms with Crippen LogP contribution in [0.25, 0.3) is 11.1 Å². The van der Waals surface area contributed by atoms with Crippen molar-refractivity contribution in [1.82, 2.24) is 0 Å². The largest absolute Gasteiger partial charge is 0.755 e. The molecule has 7 N–H and O–H groups in total. The van der Waals surface area contributed by atoms with Gasteiger partial charge in [0.1, 0.15) is 0 Å². The predicted molar refractivity (Wildman–Crippen MR) is 174 cm³/mol. The second kappa shape index (κ2) is 10.8. The molecule has 1 aliphatic rings. The molecular weight excluding hydrogens is 581 g/mol. The van der Waals surface area contributed by atoms with E-state index in [4.69, 9.17) is 16.6 Å². The number of anilines is 3. The van der Waals surface area contributed by atoms with E-state index < -0.39 is 26.7 Å². The highest BCUT2D eigenvalue weighted by molar-refractivity contribution is 7.89. The molecule has 0 heterocycles. The maximum Gasteiger partial charge on any atom is 0.238 e. The van der Waals surface area contributed by atoms with Gasteiger partial charge in [-0.25, -0.2) is 13.6 Å². The summed E-state index contributed by atoms with van der Waals surface area (Å²) < 4.78 is 50.6. The minimum absolute atomic E-state index is 0.0357. The molecule has 5 rings (SSSR count). The summed E-state index contributed by atoms with van der Waals surface area (Å²) in [6, 6.07) is 18.7. The smallest absolute Gasteiger partial charge is 0.238 e. The van der Waals surface area contributed by atoms with Crippen molar-refractivity contribution in [2.75, 3.05) is 16.2 Å². The molecule has 8 nitrogen and oxygen atoms in total. The summed E-state index contributed by atoms with van der Waals surface area (Å²) in [6.07, 6.45) is 0. The summed E-state index contributed by atoms with van der Waals surface area (Å²) in [5, 5.41) is 5.59. The Morgan fingerprint density at radius 1 is 0.767 bits per heavy atom. The van der Waals surface area contributed by atoms with E-state index in [-0.39, 0.29) is 16.7 Å². The molecule has 1 unspecified atom stereocenters. The third-order valence-corrected chi connectivity index (χ3v) is 9.90. The van der Waals surface area contributed by atoms with Crippen molar-refractivity contribution in [2.24, 2.45) is 5.14 Å².